The van der Waals surface area contributed by atoms with Crippen molar-refractivity contribution in [2.75, 3.05) is 0 Å². The Kier molecular flexibility index (Phi) is 3.35. The van der Waals surface area contributed by atoms with Crippen LogP contribution in [0.15, 0.2) is 30.3 Å². The van der Waals surface area contributed by atoms with Crippen molar-refractivity contribution < 1.29 is 0 Å². The molecule has 0 bridgehead atoms. The normalized spacial score (nSPS) is 12.0. The van der Waals surface area contributed by atoms with Gasteiger partial charge in [-0.1, -0.05) is 66.5 Å². The lowest BCUT2D eigenvalue weighted by molar-refractivity contribution is 1.26. The van der Waals surface area contributed by atoms with Crippen LogP contribution < -0.4 is 5.19 Å². The van der Waals surface area contributed by atoms with Crippen molar-refractivity contribution in [2.24, 2.45) is 0 Å². The van der Waals surface area contributed by atoms with E-state index in [9.17, 15) is 0 Å². The first-order chi connectivity index (χ1) is 7.52. The van der Waals surface area contributed by atoms with Crippen molar-refractivity contribution >= 4 is 46.8 Å². The third-order valence-electron chi connectivity index (χ3n) is 2.74. The van der Waals surface area contributed by atoms with E-state index in [4.69, 9.17) is 4.98 Å². The maximum Gasteiger partial charge on any atom is 0.0800 e. The molecule has 0 amide bonds. The third-order valence-corrected chi connectivity index (χ3v) is 5.51. The lowest BCUT2D eigenvalue weighted by Crippen LogP contribution is -2.40. The summed E-state index contributed by atoms with van der Waals surface area (Å²) in [5.74, 6) is 0. The Morgan fingerprint density at radius 2 is 1.88 bits per heavy atom. The molecule has 0 unspecified atom stereocenters. The van der Waals surface area contributed by atoms with E-state index < -0.39 is 8.07 Å². The number of alkyl halides is 1. The molecule has 0 saturated carbocycles. The van der Waals surface area contributed by atoms with Crippen LogP contribution in [0.2, 0.25) is 19.6 Å². The summed E-state index contributed by atoms with van der Waals surface area (Å²) in [6.45, 7) is 7.15. The zero-order valence-corrected chi connectivity index (χ0v) is 13.1. The van der Waals surface area contributed by atoms with Crippen LogP contribution in [0.1, 0.15) is 5.69 Å². The van der Waals surface area contributed by atoms with E-state index in [0.717, 1.165) is 9.94 Å². The molecule has 0 aliphatic rings. The molecule has 1 nitrogen and oxygen atoms in total. The number of aromatic nitrogens is 1. The Hall–Kier alpha value is -0.423. The molecule has 0 fully saturated rings. The summed E-state index contributed by atoms with van der Waals surface area (Å²) in [7, 11) is -1.28. The Morgan fingerprint density at radius 3 is 2.50 bits per heavy atom. The summed E-state index contributed by atoms with van der Waals surface area (Å²) in [5, 5.41) is 2.77. The second kappa shape index (κ2) is 4.45. The number of nitrogens with zero attached hydrogens (tertiary/aromatic N) is 1. The van der Waals surface area contributed by atoms with Crippen LogP contribution in [-0.4, -0.2) is 13.1 Å². The van der Waals surface area contributed by atoms with Gasteiger partial charge in [0, 0.05) is 9.81 Å². The van der Waals surface area contributed by atoms with Crippen LogP contribution in [0.5, 0.6) is 0 Å². The number of hydrogen-bond acceptors (Lipinski definition) is 1. The highest BCUT2D eigenvalue weighted by Crippen LogP contribution is 2.16. The van der Waals surface area contributed by atoms with Gasteiger partial charge in [-0.15, -0.1) is 0 Å². The zero-order chi connectivity index (χ0) is 11.8. The molecule has 0 radical (unpaired) electrons. The van der Waals surface area contributed by atoms with Gasteiger partial charge in [0.25, 0.3) is 0 Å². The first-order valence-electron chi connectivity index (χ1n) is 5.47. The molecule has 0 saturated heterocycles. The number of pyridine rings is 1. The van der Waals surface area contributed by atoms with E-state index in [0.29, 0.717) is 0 Å². The molecule has 1 heterocycles. The fourth-order valence-corrected chi connectivity index (χ4v) is 4.45. The van der Waals surface area contributed by atoms with Crippen molar-refractivity contribution in [1.29, 1.82) is 0 Å². The largest absolute Gasteiger partial charge is 0.252 e. The predicted molar refractivity (Wildman–Crippen MR) is 82.4 cm³/mol. The summed E-state index contributed by atoms with van der Waals surface area (Å²) in [6.07, 6.45) is 0. The molecule has 0 spiro atoms. The SMILES string of the molecule is C[Si](C)(C)c1cc2ccccc2nc1CI. The average Bonchev–Trinajstić information content (AvgIpc) is 2.26. The molecule has 1 aromatic heterocycles. The monoisotopic (exact) mass is 341 g/mol. The van der Waals surface area contributed by atoms with Gasteiger partial charge >= 0.3 is 0 Å². The van der Waals surface area contributed by atoms with Gasteiger partial charge in [-0.05, 0) is 11.3 Å². The van der Waals surface area contributed by atoms with Crippen LogP contribution >= 0.6 is 22.6 Å². The van der Waals surface area contributed by atoms with Crippen molar-refractivity contribution in [3.05, 3.63) is 36.0 Å². The average molecular weight is 341 g/mol. The minimum atomic E-state index is -1.28. The standard InChI is InChI=1S/C13H16INSi/c1-16(2,3)13-8-10-6-4-5-7-11(10)15-12(13)9-14/h4-8H,9H2,1-3H3. The molecule has 0 aliphatic carbocycles. The number of fused-ring (bicyclic) bond motifs is 1. The molecule has 0 N–H and O–H groups in total. The van der Waals surface area contributed by atoms with Crippen molar-refractivity contribution in [1.82, 2.24) is 4.98 Å². The molecule has 0 atom stereocenters. The fraction of sp³-hybridized carbons (Fsp3) is 0.308. The van der Waals surface area contributed by atoms with Gasteiger partial charge in [0.1, 0.15) is 0 Å². The Balaban J connectivity index is 2.73. The molecule has 16 heavy (non-hydrogen) atoms. The lowest BCUT2D eigenvalue weighted by atomic mass is 10.2. The molecular formula is C13H16INSi. The van der Waals surface area contributed by atoms with Gasteiger partial charge in [-0.2, -0.15) is 0 Å². The van der Waals surface area contributed by atoms with Gasteiger partial charge in [0.2, 0.25) is 0 Å². The molecule has 2 rings (SSSR count). The minimum absolute atomic E-state index is 1.00. The molecule has 0 aliphatic heterocycles. The summed E-state index contributed by atoms with van der Waals surface area (Å²) >= 11 is 2.41. The van der Waals surface area contributed by atoms with Crippen molar-refractivity contribution in [3.63, 3.8) is 0 Å². The zero-order valence-electron chi connectivity index (χ0n) is 9.92. The first kappa shape index (κ1) is 12.0. The molecule has 2 aromatic rings. The second-order valence-electron chi connectivity index (χ2n) is 5.06. The maximum absolute atomic E-state index is 4.79. The van der Waals surface area contributed by atoms with E-state index in [2.05, 4.69) is 72.6 Å². The highest BCUT2D eigenvalue weighted by Gasteiger charge is 2.21. The Morgan fingerprint density at radius 1 is 1.19 bits per heavy atom. The van der Waals surface area contributed by atoms with E-state index in [-0.39, 0.29) is 0 Å². The molecular weight excluding hydrogens is 325 g/mol. The lowest BCUT2D eigenvalue weighted by Gasteiger charge is -2.20. The summed E-state index contributed by atoms with van der Waals surface area (Å²) in [6, 6.07) is 10.7. The fourth-order valence-electron chi connectivity index (χ4n) is 1.91. The number of hydrogen-bond donors (Lipinski definition) is 0. The number of para-hydroxylation sites is 1. The predicted octanol–water partition coefficient (Wildman–Crippen LogP) is 3.72. The second-order valence-corrected chi connectivity index (χ2v) is 10.9. The van der Waals surface area contributed by atoms with Crippen molar-refractivity contribution in [2.45, 2.75) is 24.1 Å². The van der Waals surface area contributed by atoms with Crippen molar-refractivity contribution in [3.8, 4) is 0 Å². The van der Waals surface area contributed by atoms with Crippen LogP contribution in [-0.2, 0) is 4.43 Å². The number of benzene rings is 1. The van der Waals surface area contributed by atoms with Crippen LogP contribution in [0, 0.1) is 0 Å². The molecule has 84 valence electrons. The smallest absolute Gasteiger partial charge is 0.0800 e. The van der Waals surface area contributed by atoms with Crippen LogP contribution in [0.25, 0.3) is 10.9 Å². The van der Waals surface area contributed by atoms with Crippen LogP contribution in [0.3, 0.4) is 0 Å². The van der Waals surface area contributed by atoms with Gasteiger partial charge in [0.05, 0.1) is 19.3 Å². The maximum atomic E-state index is 4.79. The van der Waals surface area contributed by atoms with E-state index >= 15 is 0 Å². The Labute approximate surface area is 111 Å². The molecule has 1 aromatic carbocycles. The van der Waals surface area contributed by atoms with Gasteiger partial charge in [-0.3, -0.25) is 4.98 Å². The summed E-state index contributed by atoms with van der Waals surface area (Å²) in [5.41, 5.74) is 2.40. The minimum Gasteiger partial charge on any atom is -0.252 e. The number of halogens is 1. The highest BCUT2D eigenvalue weighted by molar-refractivity contribution is 14.1. The Bertz CT molecular complexity index is 517. The van der Waals surface area contributed by atoms with Gasteiger partial charge in [-0.25, -0.2) is 0 Å². The van der Waals surface area contributed by atoms with Crippen LogP contribution in [0.4, 0.5) is 0 Å². The highest BCUT2D eigenvalue weighted by atomic mass is 127. The third kappa shape index (κ3) is 2.30. The first-order valence-corrected chi connectivity index (χ1v) is 10.5. The van der Waals surface area contributed by atoms with E-state index in [1.165, 1.54) is 16.3 Å². The molecule has 3 heteroatoms. The summed E-state index contributed by atoms with van der Waals surface area (Å²) < 4.78 is 1.00. The number of rotatable bonds is 2. The quantitative estimate of drug-likeness (QED) is 0.461. The van der Waals surface area contributed by atoms with E-state index in [1.807, 2.05) is 0 Å². The van der Waals surface area contributed by atoms with Gasteiger partial charge in [0.15, 0.2) is 0 Å². The topological polar surface area (TPSA) is 12.9 Å². The van der Waals surface area contributed by atoms with Gasteiger partial charge < -0.3 is 0 Å². The summed E-state index contributed by atoms with van der Waals surface area (Å²) in [4.78, 5) is 4.79. The van der Waals surface area contributed by atoms with E-state index in [1.54, 1.807) is 0 Å².